The minimum atomic E-state index is -0.224. The van der Waals surface area contributed by atoms with E-state index in [4.69, 9.17) is 12.2 Å². The molecule has 1 amide bonds. The van der Waals surface area contributed by atoms with E-state index in [1.165, 1.54) is 0 Å². The predicted octanol–water partition coefficient (Wildman–Crippen LogP) is 0.425. The van der Waals surface area contributed by atoms with Gasteiger partial charge in [0.2, 0.25) is 0 Å². The van der Waals surface area contributed by atoms with Gasteiger partial charge in [-0.15, -0.1) is 0 Å². The second-order valence-corrected chi connectivity index (χ2v) is 2.93. The first kappa shape index (κ1) is 10.6. The first-order valence-electron chi connectivity index (χ1n) is 4.07. The summed E-state index contributed by atoms with van der Waals surface area (Å²) in [6.07, 6.45) is 0. The third-order valence-electron chi connectivity index (χ3n) is 1.50. The van der Waals surface area contributed by atoms with Crippen molar-refractivity contribution < 1.29 is 4.79 Å². The van der Waals surface area contributed by atoms with Gasteiger partial charge >= 0.3 is 0 Å². The van der Waals surface area contributed by atoms with E-state index in [-0.39, 0.29) is 11.0 Å². The minimum Gasteiger partial charge on any atom is -0.298 e. The highest BCUT2D eigenvalue weighted by Crippen LogP contribution is 1.97. The Labute approximate surface area is 87.7 Å². The summed E-state index contributed by atoms with van der Waals surface area (Å²) >= 11 is 4.82. The Morgan fingerprint density at radius 3 is 2.50 bits per heavy atom. The molecule has 0 fully saturated rings. The van der Waals surface area contributed by atoms with Crippen molar-refractivity contribution in [1.29, 1.82) is 0 Å². The molecule has 14 heavy (non-hydrogen) atoms. The SMILES string of the molecule is CNNC(=S)NC(=O)c1ccccc1. The Morgan fingerprint density at radius 2 is 1.93 bits per heavy atom. The Morgan fingerprint density at radius 1 is 1.29 bits per heavy atom. The molecule has 0 unspecified atom stereocenters. The molecule has 0 saturated carbocycles. The van der Waals surface area contributed by atoms with Crippen LogP contribution in [0.15, 0.2) is 30.3 Å². The summed E-state index contributed by atoms with van der Waals surface area (Å²) in [7, 11) is 1.67. The van der Waals surface area contributed by atoms with E-state index in [1.807, 2.05) is 6.07 Å². The predicted molar refractivity (Wildman–Crippen MR) is 58.7 cm³/mol. The van der Waals surface area contributed by atoms with Gasteiger partial charge in [0.1, 0.15) is 0 Å². The number of amides is 1. The second kappa shape index (κ2) is 5.31. The molecule has 0 bridgehead atoms. The van der Waals surface area contributed by atoms with Crippen molar-refractivity contribution in [1.82, 2.24) is 16.2 Å². The number of carbonyl (C=O) groups is 1. The highest BCUT2D eigenvalue weighted by Gasteiger charge is 2.05. The molecule has 1 rings (SSSR count). The summed E-state index contributed by atoms with van der Waals surface area (Å²) in [5, 5.41) is 2.77. The van der Waals surface area contributed by atoms with Crippen LogP contribution in [0.2, 0.25) is 0 Å². The van der Waals surface area contributed by atoms with E-state index in [1.54, 1.807) is 31.3 Å². The van der Waals surface area contributed by atoms with Crippen molar-refractivity contribution in [2.24, 2.45) is 0 Å². The van der Waals surface area contributed by atoms with Gasteiger partial charge in [-0.2, -0.15) is 0 Å². The van der Waals surface area contributed by atoms with Gasteiger partial charge in [-0.05, 0) is 24.4 Å². The van der Waals surface area contributed by atoms with E-state index in [0.29, 0.717) is 5.56 Å². The molecule has 1 aromatic rings. The lowest BCUT2D eigenvalue weighted by atomic mass is 10.2. The summed E-state index contributed by atoms with van der Waals surface area (Å²) in [6.45, 7) is 0. The Kier molecular flexibility index (Phi) is 4.03. The Bertz CT molecular complexity index is 326. The molecule has 0 heterocycles. The van der Waals surface area contributed by atoms with Crippen molar-refractivity contribution in [2.75, 3.05) is 7.05 Å². The number of hydrazine groups is 1. The maximum atomic E-state index is 11.5. The lowest BCUT2D eigenvalue weighted by molar-refractivity contribution is 0.0976. The van der Waals surface area contributed by atoms with Crippen LogP contribution in [-0.2, 0) is 0 Å². The summed E-state index contributed by atoms with van der Waals surface area (Å²) < 4.78 is 0. The summed E-state index contributed by atoms with van der Waals surface area (Å²) in [5.74, 6) is -0.224. The third kappa shape index (κ3) is 3.12. The van der Waals surface area contributed by atoms with Crippen LogP contribution in [0.1, 0.15) is 10.4 Å². The van der Waals surface area contributed by atoms with Gasteiger partial charge in [0, 0.05) is 12.6 Å². The molecular formula is C9H11N3OS. The van der Waals surface area contributed by atoms with Crippen molar-refractivity contribution in [2.45, 2.75) is 0 Å². The molecule has 0 aliphatic rings. The van der Waals surface area contributed by atoms with E-state index in [9.17, 15) is 4.79 Å². The van der Waals surface area contributed by atoms with E-state index < -0.39 is 0 Å². The number of carbonyl (C=O) groups excluding carboxylic acids is 1. The van der Waals surface area contributed by atoms with Crippen LogP contribution < -0.4 is 16.2 Å². The number of rotatable bonds is 2. The fourth-order valence-electron chi connectivity index (χ4n) is 0.910. The molecule has 4 nitrogen and oxygen atoms in total. The lowest BCUT2D eigenvalue weighted by Gasteiger charge is -2.07. The quantitative estimate of drug-likeness (QED) is 0.488. The zero-order valence-corrected chi connectivity index (χ0v) is 8.52. The first-order chi connectivity index (χ1) is 6.74. The van der Waals surface area contributed by atoms with Crippen LogP contribution in [0.3, 0.4) is 0 Å². The molecule has 74 valence electrons. The number of benzene rings is 1. The average molecular weight is 209 g/mol. The molecule has 3 N–H and O–H groups in total. The van der Waals surface area contributed by atoms with Gasteiger partial charge in [0.25, 0.3) is 5.91 Å². The molecule has 0 radical (unpaired) electrons. The highest BCUT2D eigenvalue weighted by atomic mass is 32.1. The maximum Gasteiger partial charge on any atom is 0.257 e. The zero-order chi connectivity index (χ0) is 10.4. The van der Waals surface area contributed by atoms with Crippen molar-refractivity contribution in [3.63, 3.8) is 0 Å². The van der Waals surface area contributed by atoms with Crippen molar-refractivity contribution in [3.8, 4) is 0 Å². The van der Waals surface area contributed by atoms with Gasteiger partial charge in [0.05, 0.1) is 0 Å². The van der Waals surface area contributed by atoms with E-state index in [0.717, 1.165) is 0 Å². The van der Waals surface area contributed by atoms with Crippen molar-refractivity contribution >= 4 is 23.2 Å². The lowest BCUT2D eigenvalue weighted by Crippen LogP contribution is -2.44. The molecule has 0 aliphatic heterocycles. The third-order valence-corrected chi connectivity index (χ3v) is 1.71. The van der Waals surface area contributed by atoms with Crippen LogP contribution in [-0.4, -0.2) is 18.1 Å². The van der Waals surface area contributed by atoms with Crippen molar-refractivity contribution in [3.05, 3.63) is 35.9 Å². The van der Waals surface area contributed by atoms with Gasteiger partial charge in [-0.3, -0.25) is 15.5 Å². The molecular weight excluding hydrogens is 198 g/mol. The second-order valence-electron chi connectivity index (χ2n) is 2.52. The summed E-state index contributed by atoms with van der Waals surface area (Å²) in [6, 6.07) is 8.88. The van der Waals surface area contributed by atoms with Gasteiger partial charge < -0.3 is 0 Å². The molecule has 0 spiro atoms. The molecule has 5 heteroatoms. The number of thiocarbonyl (C=S) groups is 1. The fourth-order valence-corrected chi connectivity index (χ4v) is 1.10. The number of nitrogens with one attached hydrogen (secondary N) is 3. The normalized spacial score (nSPS) is 9.21. The van der Waals surface area contributed by atoms with Gasteiger partial charge in [0.15, 0.2) is 5.11 Å². The standard InChI is InChI=1S/C9H11N3OS/c1-10-12-9(14)11-8(13)7-5-3-2-4-6-7/h2-6,10H,1H3,(H2,11,12,13,14). The van der Waals surface area contributed by atoms with Crippen LogP contribution in [0, 0.1) is 0 Å². The zero-order valence-electron chi connectivity index (χ0n) is 7.70. The first-order valence-corrected chi connectivity index (χ1v) is 4.48. The molecule has 0 aromatic heterocycles. The van der Waals surface area contributed by atoms with Crippen LogP contribution >= 0.6 is 12.2 Å². The Balaban J connectivity index is 2.55. The van der Waals surface area contributed by atoms with Crippen LogP contribution in [0.4, 0.5) is 0 Å². The highest BCUT2D eigenvalue weighted by molar-refractivity contribution is 7.80. The molecule has 1 aromatic carbocycles. The van der Waals surface area contributed by atoms with Gasteiger partial charge in [-0.25, -0.2) is 5.43 Å². The van der Waals surface area contributed by atoms with Crippen LogP contribution in [0.5, 0.6) is 0 Å². The number of hydrogen-bond acceptors (Lipinski definition) is 3. The number of hydrogen-bond donors (Lipinski definition) is 3. The largest absolute Gasteiger partial charge is 0.298 e. The smallest absolute Gasteiger partial charge is 0.257 e. The fraction of sp³-hybridized carbons (Fsp3) is 0.111. The monoisotopic (exact) mass is 209 g/mol. The molecule has 0 saturated heterocycles. The molecule has 0 aliphatic carbocycles. The van der Waals surface area contributed by atoms with E-state index >= 15 is 0 Å². The molecule has 0 atom stereocenters. The maximum absolute atomic E-state index is 11.5. The Hall–Kier alpha value is -1.46. The minimum absolute atomic E-state index is 0.224. The summed E-state index contributed by atoms with van der Waals surface area (Å²) in [5.41, 5.74) is 5.79. The average Bonchev–Trinajstić information content (AvgIpc) is 2.19. The van der Waals surface area contributed by atoms with E-state index in [2.05, 4.69) is 16.2 Å². The van der Waals surface area contributed by atoms with Crippen LogP contribution in [0.25, 0.3) is 0 Å². The topological polar surface area (TPSA) is 53.2 Å². The van der Waals surface area contributed by atoms with Gasteiger partial charge in [-0.1, -0.05) is 18.2 Å². The summed E-state index contributed by atoms with van der Waals surface area (Å²) in [4.78, 5) is 11.5.